The predicted octanol–water partition coefficient (Wildman–Crippen LogP) is 2.42. The van der Waals surface area contributed by atoms with E-state index in [4.69, 9.17) is 14.7 Å². The lowest BCUT2D eigenvalue weighted by molar-refractivity contribution is 0.122. The zero-order valence-corrected chi connectivity index (χ0v) is 19.6. The Morgan fingerprint density at radius 2 is 1.88 bits per heavy atom. The molecule has 10 heteroatoms. The number of aryl methyl sites for hydroxylation is 1. The smallest absolute Gasteiger partial charge is 0.319 e. The van der Waals surface area contributed by atoms with Gasteiger partial charge in [-0.1, -0.05) is 0 Å². The Morgan fingerprint density at radius 1 is 1.09 bits per heavy atom. The zero-order chi connectivity index (χ0) is 23.5. The molecule has 0 saturated carbocycles. The summed E-state index contributed by atoms with van der Waals surface area (Å²) < 4.78 is 7.62. The molecule has 2 N–H and O–H groups in total. The van der Waals surface area contributed by atoms with Gasteiger partial charge in [0.1, 0.15) is 5.82 Å². The Morgan fingerprint density at radius 3 is 2.59 bits per heavy atom. The first-order chi connectivity index (χ1) is 16.6. The molecule has 0 atom stereocenters. The van der Waals surface area contributed by atoms with Gasteiger partial charge in [0.2, 0.25) is 5.95 Å². The van der Waals surface area contributed by atoms with E-state index in [1.807, 2.05) is 55.2 Å². The minimum Gasteiger partial charge on any atom is -0.378 e. The molecule has 0 radical (unpaired) electrons. The third-order valence-electron chi connectivity index (χ3n) is 6.17. The maximum absolute atomic E-state index is 11.8. The fraction of sp³-hybridized carbons (Fsp3) is 0.417. The minimum atomic E-state index is -0.218. The maximum atomic E-state index is 11.8. The minimum absolute atomic E-state index is 0.218. The van der Waals surface area contributed by atoms with Crippen molar-refractivity contribution >= 4 is 23.5 Å². The van der Waals surface area contributed by atoms with Crippen molar-refractivity contribution in [3.05, 3.63) is 47.9 Å². The number of hydrogen-bond acceptors (Lipinski definition) is 7. The molecule has 3 aromatic rings. The number of rotatable bonds is 5. The Bertz CT molecular complexity index is 1150. The van der Waals surface area contributed by atoms with Crippen molar-refractivity contribution in [2.75, 3.05) is 54.5 Å². The van der Waals surface area contributed by atoms with Gasteiger partial charge in [0, 0.05) is 62.4 Å². The fourth-order valence-corrected chi connectivity index (χ4v) is 4.45. The van der Waals surface area contributed by atoms with Crippen molar-refractivity contribution in [3.63, 3.8) is 0 Å². The molecule has 0 aliphatic carbocycles. The number of benzene rings is 1. The molecule has 10 nitrogen and oxygen atoms in total. The largest absolute Gasteiger partial charge is 0.378 e. The van der Waals surface area contributed by atoms with Crippen LogP contribution < -0.4 is 20.4 Å². The van der Waals surface area contributed by atoms with E-state index in [2.05, 4.69) is 25.4 Å². The van der Waals surface area contributed by atoms with Crippen molar-refractivity contribution in [2.45, 2.75) is 19.9 Å². The van der Waals surface area contributed by atoms with Gasteiger partial charge < -0.3 is 29.7 Å². The van der Waals surface area contributed by atoms with E-state index in [1.165, 1.54) is 5.56 Å². The Hall–Kier alpha value is -3.66. The van der Waals surface area contributed by atoms with E-state index in [0.717, 1.165) is 54.8 Å². The molecule has 1 saturated heterocycles. The number of amides is 2. The average molecular weight is 463 g/mol. The van der Waals surface area contributed by atoms with Gasteiger partial charge in [0.25, 0.3) is 0 Å². The van der Waals surface area contributed by atoms with Gasteiger partial charge in [-0.2, -0.15) is 0 Å². The second kappa shape index (κ2) is 9.68. The summed E-state index contributed by atoms with van der Waals surface area (Å²) in [5.41, 5.74) is 3.88. The first kappa shape index (κ1) is 22.1. The highest BCUT2D eigenvalue weighted by Crippen LogP contribution is 2.31. The molecule has 2 aliphatic rings. The fourth-order valence-electron chi connectivity index (χ4n) is 4.45. The molecule has 0 bridgehead atoms. The number of nitrogens with one attached hydrogen (secondary N) is 2. The van der Waals surface area contributed by atoms with Crippen LogP contribution in [0.15, 0.2) is 36.7 Å². The summed E-state index contributed by atoms with van der Waals surface area (Å²) in [5.74, 6) is 2.64. The Balaban J connectivity index is 1.48. The van der Waals surface area contributed by atoms with E-state index >= 15 is 0 Å². The summed E-state index contributed by atoms with van der Waals surface area (Å²) >= 11 is 0. The van der Waals surface area contributed by atoms with Crippen molar-refractivity contribution in [2.24, 2.45) is 7.05 Å². The summed E-state index contributed by atoms with van der Waals surface area (Å²) in [5, 5.41) is 5.57. The van der Waals surface area contributed by atoms with E-state index in [0.29, 0.717) is 32.1 Å². The summed E-state index contributed by atoms with van der Waals surface area (Å²) in [6.45, 7) is 7.07. The van der Waals surface area contributed by atoms with Crippen LogP contribution in [0.5, 0.6) is 0 Å². The summed E-state index contributed by atoms with van der Waals surface area (Å²) in [6, 6.07) is 7.44. The summed E-state index contributed by atoms with van der Waals surface area (Å²) in [4.78, 5) is 31.0. The van der Waals surface area contributed by atoms with E-state index in [-0.39, 0.29) is 6.03 Å². The first-order valence-electron chi connectivity index (χ1n) is 11.7. The monoisotopic (exact) mass is 462 g/mol. The quantitative estimate of drug-likeness (QED) is 0.601. The molecule has 1 fully saturated rings. The van der Waals surface area contributed by atoms with Gasteiger partial charge in [-0.3, -0.25) is 0 Å². The summed E-state index contributed by atoms with van der Waals surface area (Å²) in [6.07, 6.45) is 4.65. The van der Waals surface area contributed by atoms with Crippen LogP contribution in [0.2, 0.25) is 0 Å². The number of ether oxygens (including phenoxy) is 1. The highest BCUT2D eigenvalue weighted by molar-refractivity contribution is 5.89. The van der Waals surface area contributed by atoms with E-state index < -0.39 is 0 Å². The maximum Gasteiger partial charge on any atom is 0.319 e. The van der Waals surface area contributed by atoms with Gasteiger partial charge in [-0.15, -0.1) is 0 Å². The molecular formula is C24H30N8O2. The van der Waals surface area contributed by atoms with Crippen LogP contribution in [0.25, 0.3) is 11.4 Å². The lowest BCUT2D eigenvalue weighted by Gasteiger charge is -2.34. The number of imidazole rings is 1. The lowest BCUT2D eigenvalue weighted by Crippen LogP contribution is -2.40. The number of carbonyl (C=O) groups excluding carboxylic acids is 1. The topological polar surface area (TPSA) is 100 Å². The normalized spacial score (nSPS) is 15.7. The second-order valence-corrected chi connectivity index (χ2v) is 8.47. The number of hydrogen-bond donors (Lipinski definition) is 2. The predicted molar refractivity (Wildman–Crippen MR) is 131 cm³/mol. The number of anilines is 3. The van der Waals surface area contributed by atoms with Crippen LogP contribution in [0.3, 0.4) is 0 Å². The van der Waals surface area contributed by atoms with Crippen LogP contribution in [-0.4, -0.2) is 64.9 Å². The summed E-state index contributed by atoms with van der Waals surface area (Å²) in [7, 11) is 2.01. The van der Waals surface area contributed by atoms with E-state index in [1.54, 1.807) is 0 Å². The molecular weight excluding hydrogens is 432 g/mol. The van der Waals surface area contributed by atoms with Crippen molar-refractivity contribution in [1.82, 2.24) is 24.8 Å². The molecule has 5 rings (SSSR count). The van der Waals surface area contributed by atoms with Crippen molar-refractivity contribution < 1.29 is 9.53 Å². The van der Waals surface area contributed by atoms with Crippen molar-refractivity contribution in [1.29, 1.82) is 0 Å². The van der Waals surface area contributed by atoms with Gasteiger partial charge in [0.15, 0.2) is 5.82 Å². The molecule has 34 heavy (non-hydrogen) atoms. The van der Waals surface area contributed by atoms with Crippen LogP contribution in [0.4, 0.5) is 22.2 Å². The number of fused-ring (bicyclic) bond motifs is 1. The van der Waals surface area contributed by atoms with Crippen LogP contribution in [0.1, 0.15) is 18.2 Å². The molecule has 1 aromatic carbocycles. The third-order valence-corrected chi connectivity index (χ3v) is 6.17. The average Bonchev–Trinajstić information content (AvgIpc) is 3.30. The van der Waals surface area contributed by atoms with E-state index in [9.17, 15) is 4.79 Å². The van der Waals surface area contributed by atoms with Crippen LogP contribution in [-0.2, 0) is 24.8 Å². The number of morpholine rings is 1. The third kappa shape index (κ3) is 4.54. The van der Waals surface area contributed by atoms with Crippen molar-refractivity contribution in [3.8, 4) is 11.4 Å². The molecule has 0 unspecified atom stereocenters. The second-order valence-electron chi connectivity index (χ2n) is 8.47. The number of urea groups is 1. The van der Waals surface area contributed by atoms with Crippen LogP contribution in [0, 0.1) is 0 Å². The number of carbonyl (C=O) groups is 1. The van der Waals surface area contributed by atoms with Crippen LogP contribution >= 0.6 is 0 Å². The standard InChI is InChI=1S/C24H30N8O2/c1-3-25-23(33)27-18-6-4-17(5-7-18)21-28-20-16-32(24-26-9-11-30(24)2)10-8-19(20)22(29-21)31-12-14-34-15-13-31/h4-7,9,11H,3,8,10,12-16H2,1-2H3,(H2,25,27,33). The SMILES string of the molecule is CCNC(=O)Nc1ccc(-c2nc3c(c(N4CCOCC4)n2)CCN(c2nccn2C)C3)cc1. The van der Waals surface area contributed by atoms with Gasteiger partial charge in [0.05, 0.1) is 25.5 Å². The molecule has 0 spiro atoms. The Kier molecular flexibility index (Phi) is 6.31. The number of aromatic nitrogens is 4. The Labute approximate surface area is 199 Å². The molecule has 2 aromatic heterocycles. The molecule has 4 heterocycles. The van der Waals surface area contributed by atoms with Gasteiger partial charge in [-0.25, -0.2) is 19.7 Å². The zero-order valence-electron chi connectivity index (χ0n) is 19.6. The first-order valence-corrected chi connectivity index (χ1v) is 11.7. The van der Waals surface area contributed by atoms with Gasteiger partial charge in [-0.05, 0) is 37.6 Å². The molecule has 2 aliphatic heterocycles. The highest BCUT2D eigenvalue weighted by atomic mass is 16.5. The molecule has 178 valence electrons. The molecule has 2 amide bonds. The highest BCUT2D eigenvalue weighted by Gasteiger charge is 2.27. The van der Waals surface area contributed by atoms with Gasteiger partial charge >= 0.3 is 6.03 Å². The number of nitrogens with zero attached hydrogens (tertiary/aromatic N) is 6. The lowest BCUT2D eigenvalue weighted by atomic mass is 10.0.